The number of unbranched alkanes of at least 4 members (excludes halogenated alkanes) is 1. The molecule has 3 N–H and O–H groups in total. The first-order chi connectivity index (χ1) is 8.15. The number of nitrogens with two attached hydrogens (primary N) is 1. The van der Waals surface area contributed by atoms with Crippen molar-refractivity contribution in [2.24, 2.45) is 17.6 Å². The van der Waals surface area contributed by atoms with E-state index in [1.54, 1.807) is 0 Å². The molecule has 3 heteroatoms. The molecule has 0 aromatic heterocycles. The Morgan fingerprint density at radius 2 is 2.12 bits per heavy atom. The van der Waals surface area contributed by atoms with Gasteiger partial charge in [0, 0.05) is 6.54 Å². The van der Waals surface area contributed by atoms with Crippen LogP contribution in [0.15, 0.2) is 0 Å². The molecule has 0 saturated heterocycles. The van der Waals surface area contributed by atoms with Crippen LogP contribution < -0.4 is 11.1 Å². The number of carbonyl (C=O) groups excluding carboxylic acids is 1. The zero-order valence-corrected chi connectivity index (χ0v) is 11.4. The van der Waals surface area contributed by atoms with Crippen LogP contribution >= 0.6 is 0 Å². The Morgan fingerprint density at radius 1 is 1.41 bits per heavy atom. The summed E-state index contributed by atoms with van der Waals surface area (Å²) >= 11 is 0. The van der Waals surface area contributed by atoms with E-state index in [0.29, 0.717) is 5.92 Å². The Hall–Kier alpha value is -0.570. The monoisotopic (exact) mass is 240 g/mol. The quantitative estimate of drug-likeness (QED) is 0.749. The normalized spacial score (nSPS) is 26.5. The molecule has 1 fully saturated rings. The molecule has 0 aliphatic heterocycles. The van der Waals surface area contributed by atoms with Gasteiger partial charge < -0.3 is 11.1 Å². The van der Waals surface area contributed by atoms with Crippen molar-refractivity contribution in [1.29, 1.82) is 0 Å². The number of hydrogen-bond acceptors (Lipinski definition) is 2. The van der Waals surface area contributed by atoms with Crippen LogP contribution in [0.4, 0.5) is 0 Å². The Bertz CT molecular complexity index is 230. The van der Waals surface area contributed by atoms with Crippen LogP contribution in [0.5, 0.6) is 0 Å². The second-order valence-corrected chi connectivity index (χ2v) is 5.52. The molecule has 0 bridgehead atoms. The molecule has 3 nitrogen and oxygen atoms in total. The standard InChI is InChI=1S/C14H28N2O/c1-3-4-9-13(15)14(17)16-10-12-8-6-5-7-11(12)2/h11-13H,3-10,15H2,1-2H3,(H,16,17). The van der Waals surface area contributed by atoms with Gasteiger partial charge in [0.1, 0.15) is 0 Å². The van der Waals surface area contributed by atoms with Crippen LogP contribution in [0.2, 0.25) is 0 Å². The van der Waals surface area contributed by atoms with E-state index >= 15 is 0 Å². The van der Waals surface area contributed by atoms with Crippen molar-refractivity contribution in [2.75, 3.05) is 6.54 Å². The fraction of sp³-hybridized carbons (Fsp3) is 0.929. The average molecular weight is 240 g/mol. The van der Waals surface area contributed by atoms with Crippen LogP contribution in [-0.4, -0.2) is 18.5 Å². The highest BCUT2D eigenvalue weighted by Crippen LogP contribution is 2.28. The third kappa shape index (κ3) is 5.07. The first kappa shape index (κ1) is 14.5. The molecular formula is C14H28N2O. The van der Waals surface area contributed by atoms with Crippen molar-refractivity contribution >= 4 is 5.91 Å². The molecule has 1 aliphatic rings. The maximum atomic E-state index is 11.8. The highest BCUT2D eigenvalue weighted by molar-refractivity contribution is 5.81. The molecule has 0 heterocycles. The molecule has 0 radical (unpaired) electrons. The third-order valence-electron chi connectivity index (χ3n) is 4.03. The number of nitrogens with one attached hydrogen (secondary N) is 1. The molecular weight excluding hydrogens is 212 g/mol. The third-order valence-corrected chi connectivity index (χ3v) is 4.03. The Kier molecular flexibility index (Phi) is 6.56. The van der Waals surface area contributed by atoms with E-state index in [2.05, 4.69) is 19.2 Å². The minimum Gasteiger partial charge on any atom is -0.354 e. The van der Waals surface area contributed by atoms with Gasteiger partial charge in [-0.1, -0.05) is 46.0 Å². The summed E-state index contributed by atoms with van der Waals surface area (Å²) in [5.74, 6) is 1.44. The van der Waals surface area contributed by atoms with Crippen molar-refractivity contribution < 1.29 is 4.79 Å². The van der Waals surface area contributed by atoms with Gasteiger partial charge in [0.15, 0.2) is 0 Å². The van der Waals surface area contributed by atoms with Crippen molar-refractivity contribution in [3.8, 4) is 0 Å². The second-order valence-electron chi connectivity index (χ2n) is 5.52. The van der Waals surface area contributed by atoms with E-state index in [4.69, 9.17) is 5.73 Å². The fourth-order valence-electron chi connectivity index (χ4n) is 2.61. The van der Waals surface area contributed by atoms with Gasteiger partial charge in [-0.15, -0.1) is 0 Å². The summed E-state index contributed by atoms with van der Waals surface area (Å²) in [5.41, 5.74) is 5.84. The number of hydrogen-bond donors (Lipinski definition) is 2. The minimum absolute atomic E-state index is 0.0382. The SMILES string of the molecule is CCCCC(N)C(=O)NCC1CCCCC1C. The van der Waals surface area contributed by atoms with Crippen molar-refractivity contribution in [3.05, 3.63) is 0 Å². The molecule has 1 saturated carbocycles. The smallest absolute Gasteiger partial charge is 0.236 e. The zero-order chi connectivity index (χ0) is 12.7. The van der Waals surface area contributed by atoms with Crippen LogP contribution in [-0.2, 0) is 4.79 Å². The lowest BCUT2D eigenvalue weighted by atomic mass is 9.80. The minimum atomic E-state index is -0.311. The largest absolute Gasteiger partial charge is 0.354 e. The number of amides is 1. The molecule has 1 aliphatic carbocycles. The topological polar surface area (TPSA) is 55.1 Å². The summed E-state index contributed by atoms with van der Waals surface area (Å²) < 4.78 is 0. The van der Waals surface area contributed by atoms with Gasteiger partial charge in [-0.25, -0.2) is 0 Å². The molecule has 3 atom stereocenters. The lowest BCUT2D eigenvalue weighted by Gasteiger charge is -2.29. The molecule has 100 valence electrons. The average Bonchev–Trinajstić information content (AvgIpc) is 2.34. The number of carbonyl (C=O) groups is 1. The van der Waals surface area contributed by atoms with Crippen LogP contribution in [0.25, 0.3) is 0 Å². The van der Waals surface area contributed by atoms with E-state index in [1.807, 2.05) is 0 Å². The predicted octanol–water partition coefficient (Wildman–Crippen LogP) is 2.45. The van der Waals surface area contributed by atoms with Crippen molar-refractivity contribution in [1.82, 2.24) is 5.32 Å². The molecule has 3 unspecified atom stereocenters. The van der Waals surface area contributed by atoms with Gasteiger partial charge in [0.25, 0.3) is 0 Å². The van der Waals surface area contributed by atoms with Gasteiger partial charge in [-0.2, -0.15) is 0 Å². The van der Waals surface area contributed by atoms with Gasteiger partial charge in [-0.05, 0) is 24.7 Å². The van der Waals surface area contributed by atoms with E-state index in [1.165, 1.54) is 25.7 Å². The molecule has 0 aromatic rings. The Labute approximate surface area is 106 Å². The summed E-state index contributed by atoms with van der Waals surface area (Å²) in [7, 11) is 0. The summed E-state index contributed by atoms with van der Waals surface area (Å²) in [5, 5.41) is 3.03. The van der Waals surface area contributed by atoms with Crippen molar-refractivity contribution in [2.45, 2.75) is 64.8 Å². The molecule has 1 rings (SSSR count). The number of rotatable bonds is 6. The van der Waals surface area contributed by atoms with Gasteiger partial charge in [0.2, 0.25) is 5.91 Å². The first-order valence-electron chi connectivity index (χ1n) is 7.18. The van der Waals surface area contributed by atoms with E-state index < -0.39 is 0 Å². The second kappa shape index (κ2) is 7.70. The summed E-state index contributed by atoms with van der Waals surface area (Å²) in [4.78, 5) is 11.8. The highest BCUT2D eigenvalue weighted by Gasteiger charge is 2.22. The summed E-state index contributed by atoms with van der Waals surface area (Å²) in [6.07, 6.45) is 8.17. The van der Waals surface area contributed by atoms with Crippen LogP contribution in [0.3, 0.4) is 0 Å². The summed E-state index contributed by atoms with van der Waals surface area (Å²) in [6, 6.07) is -0.311. The highest BCUT2D eigenvalue weighted by atomic mass is 16.2. The Balaban J connectivity index is 2.22. The lowest BCUT2D eigenvalue weighted by Crippen LogP contribution is -2.43. The zero-order valence-electron chi connectivity index (χ0n) is 11.4. The molecule has 0 spiro atoms. The van der Waals surface area contributed by atoms with Gasteiger partial charge in [0.05, 0.1) is 6.04 Å². The van der Waals surface area contributed by atoms with Crippen LogP contribution in [0.1, 0.15) is 58.8 Å². The Morgan fingerprint density at radius 3 is 2.76 bits per heavy atom. The lowest BCUT2D eigenvalue weighted by molar-refractivity contribution is -0.122. The molecule has 17 heavy (non-hydrogen) atoms. The molecule has 1 amide bonds. The van der Waals surface area contributed by atoms with Gasteiger partial charge >= 0.3 is 0 Å². The maximum absolute atomic E-state index is 11.8. The fourth-order valence-corrected chi connectivity index (χ4v) is 2.61. The van der Waals surface area contributed by atoms with E-state index in [9.17, 15) is 4.79 Å². The van der Waals surface area contributed by atoms with E-state index in [0.717, 1.165) is 31.7 Å². The summed E-state index contributed by atoms with van der Waals surface area (Å²) in [6.45, 7) is 5.24. The van der Waals surface area contributed by atoms with Gasteiger partial charge in [-0.3, -0.25) is 4.79 Å². The predicted molar refractivity (Wildman–Crippen MR) is 71.6 cm³/mol. The van der Waals surface area contributed by atoms with E-state index in [-0.39, 0.29) is 11.9 Å². The first-order valence-corrected chi connectivity index (χ1v) is 7.18. The maximum Gasteiger partial charge on any atom is 0.236 e. The molecule has 0 aromatic carbocycles. The van der Waals surface area contributed by atoms with Crippen LogP contribution in [0, 0.1) is 11.8 Å². The van der Waals surface area contributed by atoms with Crippen molar-refractivity contribution in [3.63, 3.8) is 0 Å².